The highest BCUT2D eigenvalue weighted by molar-refractivity contribution is 7.22. The van der Waals surface area contributed by atoms with Crippen molar-refractivity contribution in [2.75, 3.05) is 56.7 Å². The standard InChI is InChI=1S/C21H23FN4O2S/c1-24(21-23-20-17(22)7-4-8-18(20)29-21)14-19(27)26-11-9-25(10-12-26)15-5-3-6-16(13-15)28-2/h3-8,13H,9-12,14H2,1-2H3. The summed E-state index contributed by atoms with van der Waals surface area (Å²) in [6, 6.07) is 12.9. The number of likely N-dealkylation sites (N-methyl/N-ethyl adjacent to an activating group) is 1. The minimum Gasteiger partial charge on any atom is -0.497 e. The normalized spacial score (nSPS) is 14.3. The average molecular weight is 415 g/mol. The van der Waals surface area contributed by atoms with E-state index in [0.29, 0.717) is 23.7 Å². The number of thiazole rings is 1. The van der Waals surface area contributed by atoms with Crippen LogP contribution in [0.25, 0.3) is 10.2 Å². The second kappa shape index (κ2) is 8.24. The number of methoxy groups -OCH3 is 1. The van der Waals surface area contributed by atoms with Crippen LogP contribution in [0.5, 0.6) is 5.75 Å². The number of fused-ring (bicyclic) bond motifs is 1. The fourth-order valence-corrected chi connectivity index (χ4v) is 4.40. The maximum Gasteiger partial charge on any atom is 0.242 e. The zero-order valence-electron chi connectivity index (χ0n) is 16.5. The molecule has 2 heterocycles. The van der Waals surface area contributed by atoms with Gasteiger partial charge in [0.1, 0.15) is 17.1 Å². The summed E-state index contributed by atoms with van der Waals surface area (Å²) in [5.41, 5.74) is 1.46. The van der Waals surface area contributed by atoms with E-state index in [2.05, 4.69) is 16.0 Å². The van der Waals surface area contributed by atoms with E-state index < -0.39 is 0 Å². The lowest BCUT2D eigenvalue weighted by Crippen LogP contribution is -2.51. The first-order valence-corrected chi connectivity index (χ1v) is 10.3. The number of anilines is 2. The summed E-state index contributed by atoms with van der Waals surface area (Å²) in [4.78, 5) is 23.0. The second-order valence-corrected chi connectivity index (χ2v) is 8.02. The van der Waals surface area contributed by atoms with Crippen LogP contribution >= 0.6 is 11.3 Å². The lowest BCUT2D eigenvalue weighted by Gasteiger charge is -2.36. The summed E-state index contributed by atoms with van der Waals surface area (Å²) in [7, 11) is 3.48. The zero-order valence-corrected chi connectivity index (χ0v) is 17.3. The molecule has 2 aromatic carbocycles. The Hall–Kier alpha value is -2.87. The van der Waals surface area contributed by atoms with E-state index in [4.69, 9.17) is 4.74 Å². The molecular weight excluding hydrogens is 391 g/mol. The summed E-state index contributed by atoms with van der Waals surface area (Å²) in [6.07, 6.45) is 0. The number of piperazine rings is 1. The summed E-state index contributed by atoms with van der Waals surface area (Å²) in [6.45, 7) is 3.10. The highest BCUT2D eigenvalue weighted by atomic mass is 32.1. The van der Waals surface area contributed by atoms with Crippen molar-refractivity contribution in [2.24, 2.45) is 0 Å². The molecular formula is C21H23FN4O2S. The number of amides is 1. The molecule has 6 nitrogen and oxygen atoms in total. The first-order valence-electron chi connectivity index (χ1n) is 9.48. The summed E-state index contributed by atoms with van der Waals surface area (Å²) in [5, 5.41) is 0.647. The van der Waals surface area contributed by atoms with E-state index in [1.807, 2.05) is 36.2 Å². The molecule has 8 heteroatoms. The van der Waals surface area contributed by atoms with Crippen molar-refractivity contribution in [3.8, 4) is 5.75 Å². The molecule has 0 N–H and O–H groups in total. The molecule has 4 rings (SSSR count). The number of hydrogen-bond acceptors (Lipinski definition) is 6. The molecule has 1 amide bonds. The smallest absolute Gasteiger partial charge is 0.242 e. The predicted octanol–water partition coefficient (Wildman–Crippen LogP) is 3.23. The molecule has 0 aliphatic carbocycles. The summed E-state index contributed by atoms with van der Waals surface area (Å²) >= 11 is 1.39. The highest BCUT2D eigenvalue weighted by Gasteiger charge is 2.23. The van der Waals surface area contributed by atoms with Gasteiger partial charge in [0.15, 0.2) is 5.13 Å². The number of rotatable bonds is 5. The third-order valence-electron chi connectivity index (χ3n) is 5.11. The van der Waals surface area contributed by atoms with Gasteiger partial charge in [0, 0.05) is 45.0 Å². The van der Waals surface area contributed by atoms with E-state index >= 15 is 0 Å². The molecule has 0 atom stereocenters. The van der Waals surface area contributed by atoms with Crippen LogP contribution in [0.3, 0.4) is 0 Å². The molecule has 29 heavy (non-hydrogen) atoms. The molecule has 0 saturated carbocycles. The Morgan fingerprint density at radius 2 is 1.97 bits per heavy atom. The Morgan fingerprint density at radius 1 is 1.21 bits per heavy atom. The molecule has 0 unspecified atom stereocenters. The molecule has 0 bridgehead atoms. The number of carbonyl (C=O) groups excluding carboxylic acids is 1. The van der Waals surface area contributed by atoms with Crippen LogP contribution in [0.4, 0.5) is 15.2 Å². The number of aromatic nitrogens is 1. The van der Waals surface area contributed by atoms with Crippen molar-refractivity contribution >= 4 is 38.3 Å². The average Bonchev–Trinajstić information content (AvgIpc) is 3.20. The van der Waals surface area contributed by atoms with Gasteiger partial charge in [0.2, 0.25) is 5.91 Å². The Morgan fingerprint density at radius 3 is 2.69 bits per heavy atom. The van der Waals surface area contributed by atoms with Gasteiger partial charge in [-0.3, -0.25) is 4.79 Å². The Balaban J connectivity index is 1.36. The van der Waals surface area contributed by atoms with Crippen molar-refractivity contribution in [3.63, 3.8) is 0 Å². The Kier molecular flexibility index (Phi) is 5.53. The third-order valence-corrected chi connectivity index (χ3v) is 6.24. The topological polar surface area (TPSA) is 48.9 Å². The van der Waals surface area contributed by atoms with E-state index in [0.717, 1.165) is 29.2 Å². The highest BCUT2D eigenvalue weighted by Crippen LogP contribution is 2.29. The van der Waals surface area contributed by atoms with E-state index in [1.165, 1.54) is 17.4 Å². The van der Waals surface area contributed by atoms with Gasteiger partial charge in [-0.05, 0) is 24.3 Å². The van der Waals surface area contributed by atoms with Gasteiger partial charge in [0.25, 0.3) is 0 Å². The van der Waals surface area contributed by atoms with Gasteiger partial charge in [-0.15, -0.1) is 0 Å². The largest absolute Gasteiger partial charge is 0.497 e. The van der Waals surface area contributed by atoms with Crippen LogP contribution in [-0.2, 0) is 4.79 Å². The molecule has 152 valence electrons. The number of carbonyl (C=O) groups is 1. The van der Waals surface area contributed by atoms with E-state index in [-0.39, 0.29) is 18.3 Å². The monoisotopic (exact) mass is 414 g/mol. The molecule has 1 fully saturated rings. The minimum atomic E-state index is -0.335. The number of para-hydroxylation sites is 1. The van der Waals surface area contributed by atoms with Gasteiger partial charge in [-0.2, -0.15) is 0 Å². The van der Waals surface area contributed by atoms with Crippen LogP contribution in [0, 0.1) is 5.82 Å². The van der Waals surface area contributed by atoms with Gasteiger partial charge < -0.3 is 19.4 Å². The first kappa shape index (κ1) is 19.4. The van der Waals surface area contributed by atoms with Gasteiger partial charge in [-0.1, -0.05) is 23.5 Å². The quantitative estimate of drug-likeness (QED) is 0.642. The summed E-state index contributed by atoms with van der Waals surface area (Å²) in [5.74, 6) is 0.547. The fraction of sp³-hybridized carbons (Fsp3) is 0.333. The Bertz CT molecular complexity index is 1020. The van der Waals surface area contributed by atoms with Gasteiger partial charge in [-0.25, -0.2) is 9.37 Å². The molecule has 0 radical (unpaired) electrons. The molecule has 1 aromatic heterocycles. The zero-order chi connectivity index (χ0) is 20.4. The lowest BCUT2D eigenvalue weighted by atomic mass is 10.2. The van der Waals surface area contributed by atoms with Crippen LogP contribution in [-0.4, -0.2) is 62.7 Å². The number of benzene rings is 2. The number of halogens is 1. The van der Waals surface area contributed by atoms with Crippen molar-refractivity contribution in [3.05, 3.63) is 48.3 Å². The molecule has 1 saturated heterocycles. The van der Waals surface area contributed by atoms with Crippen molar-refractivity contribution in [2.45, 2.75) is 0 Å². The lowest BCUT2D eigenvalue weighted by molar-refractivity contribution is -0.129. The second-order valence-electron chi connectivity index (χ2n) is 7.01. The number of ether oxygens (including phenoxy) is 1. The maximum absolute atomic E-state index is 13.9. The molecule has 3 aromatic rings. The fourth-order valence-electron chi connectivity index (χ4n) is 3.46. The predicted molar refractivity (Wildman–Crippen MR) is 115 cm³/mol. The van der Waals surface area contributed by atoms with Crippen LogP contribution in [0.1, 0.15) is 0 Å². The first-order chi connectivity index (χ1) is 14.0. The van der Waals surface area contributed by atoms with Crippen LogP contribution in [0.15, 0.2) is 42.5 Å². The van der Waals surface area contributed by atoms with Gasteiger partial charge in [0.05, 0.1) is 18.4 Å². The number of hydrogen-bond donors (Lipinski definition) is 0. The molecule has 0 spiro atoms. The SMILES string of the molecule is COc1cccc(N2CCN(C(=O)CN(C)c3nc4c(F)cccc4s3)CC2)c1. The van der Waals surface area contributed by atoms with Crippen LogP contribution in [0.2, 0.25) is 0 Å². The Labute approximate surface area is 173 Å². The van der Waals surface area contributed by atoms with Crippen molar-refractivity contribution in [1.82, 2.24) is 9.88 Å². The van der Waals surface area contributed by atoms with Crippen molar-refractivity contribution < 1.29 is 13.9 Å². The van der Waals surface area contributed by atoms with Crippen LogP contribution < -0.4 is 14.5 Å². The minimum absolute atomic E-state index is 0.0533. The molecule has 1 aliphatic rings. The summed E-state index contributed by atoms with van der Waals surface area (Å²) < 4.78 is 20.0. The van der Waals surface area contributed by atoms with E-state index in [1.54, 1.807) is 18.1 Å². The van der Waals surface area contributed by atoms with Gasteiger partial charge >= 0.3 is 0 Å². The third kappa shape index (κ3) is 4.12. The maximum atomic E-state index is 13.9. The molecule has 1 aliphatic heterocycles. The van der Waals surface area contributed by atoms with Crippen molar-refractivity contribution in [1.29, 1.82) is 0 Å². The van der Waals surface area contributed by atoms with E-state index in [9.17, 15) is 9.18 Å². The number of nitrogens with zero attached hydrogens (tertiary/aromatic N) is 4.